The summed E-state index contributed by atoms with van der Waals surface area (Å²) in [5, 5.41) is 29.6. The average molecular weight is 520 g/mol. The van der Waals surface area contributed by atoms with Gasteiger partial charge in [-0.25, -0.2) is 18.4 Å². The molecule has 0 atom stereocenters. The minimum Gasteiger partial charge on any atom is -0.478 e. The highest BCUT2D eigenvalue weighted by Crippen LogP contribution is 2.43. The highest BCUT2D eigenvalue weighted by molar-refractivity contribution is 7.89. The summed E-state index contributed by atoms with van der Waals surface area (Å²) in [4.78, 5) is 10.4. The first-order valence-electron chi connectivity index (χ1n) is 9.27. The number of primary sulfonamides is 1. The van der Waals surface area contributed by atoms with Crippen LogP contribution in [0.2, 0.25) is 0 Å². The van der Waals surface area contributed by atoms with Gasteiger partial charge < -0.3 is 16.6 Å². The fraction of sp³-hybridized carbons (Fsp3) is 0. The van der Waals surface area contributed by atoms with Gasteiger partial charge in [-0.15, -0.1) is 15.3 Å². The average Bonchev–Trinajstić information content (AvgIpc) is 2.77. The first kappa shape index (κ1) is 25.4. The number of sulfonamides is 1. The van der Waals surface area contributed by atoms with Crippen LogP contribution in [0.5, 0.6) is 0 Å². The van der Waals surface area contributed by atoms with Gasteiger partial charge in [0.25, 0.3) is 10.1 Å². The molecule has 0 radical (unpaired) electrons. The Bertz CT molecular complexity index is 1580. The van der Waals surface area contributed by atoms with Gasteiger partial charge in [0.15, 0.2) is 0 Å². The molecule has 8 N–H and O–H groups in total. The normalized spacial score (nSPS) is 12.4. The van der Waals surface area contributed by atoms with E-state index >= 15 is 0 Å². The summed E-state index contributed by atoms with van der Waals surface area (Å²) in [5.74, 6) is -1.27. The molecule has 0 spiro atoms. The third-order valence-corrected chi connectivity index (χ3v) is 6.25. The molecular formula is C19H17N7O7S2. The molecule has 0 aliphatic rings. The zero-order valence-corrected chi connectivity index (χ0v) is 19.1. The lowest BCUT2D eigenvalue weighted by atomic mass is 10.2. The first-order valence-corrected chi connectivity index (χ1v) is 12.3. The Morgan fingerprint density at radius 1 is 0.800 bits per heavy atom. The van der Waals surface area contributed by atoms with Crippen LogP contribution in [0.15, 0.2) is 84.8 Å². The van der Waals surface area contributed by atoms with Crippen LogP contribution < -0.4 is 16.6 Å². The van der Waals surface area contributed by atoms with Crippen LogP contribution in [0.25, 0.3) is 0 Å². The molecule has 0 saturated heterocycles. The first-order chi connectivity index (χ1) is 16.3. The van der Waals surface area contributed by atoms with Crippen molar-refractivity contribution in [1.29, 1.82) is 0 Å². The van der Waals surface area contributed by atoms with E-state index in [-0.39, 0.29) is 38.9 Å². The van der Waals surface area contributed by atoms with Crippen molar-refractivity contribution in [2.24, 2.45) is 25.6 Å². The van der Waals surface area contributed by atoms with Crippen LogP contribution in [0, 0.1) is 0 Å². The number of carboxylic acids is 1. The molecule has 0 unspecified atom stereocenters. The van der Waals surface area contributed by atoms with E-state index in [0.717, 1.165) is 6.07 Å². The van der Waals surface area contributed by atoms with Gasteiger partial charge in [0, 0.05) is 0 Å². The van der Waals surface area contributed by atoms with E-state index in [0.29, 0.717) is 0 Å². The molecule has 35 heavy (non-hydrogen) atoms. The predicted octanol–water partition coefficient (Wildman–Crippen LogP) is 3.27. The van der Waals surface area contributed by atoms with E-state index in [1.54, 1.807) is 0 Å². The molecule has 3 aromatic carbocycles. The Balaban J connectivity index is 2.11. The van der Waals surface area contributed by atoms with Crippen molar-refractivity contribution < 1.29 is 31.3 Å². The summed E-state index contributed by atoms with van der Waals surface area (Å²) in [7, 11) is -8.80. The van der Waals surface area contributed by atoms with Gasteiger partial charge in [0.05, 0.1) is 27.5 Å². The molecule has 14 nitrogen and oxygen atoms in total. The van der Waals surface area contributed by atoms with Gasteiger partial charge in [-0.2, -0.15) is 13.5 Å². The van der Waals surface area contributed by atoms with Gasteiger partial charge >= 0.3 is 5.97 Å². The van der Waals surface area contributed by atoms with E-state index in [2.05, 4.69) is 20.5 Å². The maximum atomic E-state index is 11.8. The number of carboxylic acid groups (broad SMARTS) is 1. The number of anilines is 2. The van der Waals surface area contributed by atoms with E-state index in [1.165, 1.54) is 48.5 Å². The number of nitrogens with two attached hydrogens (primary N) is 3. The fourth-order valence-corrected chi connectivity index (χ4v) is 3.88. The third-order valence-electron chi connectivity index (χ3n) is 4.43. The van der Waals surface area contributed by atoms with Crippen LogP contribution in [-0.4, -0.2) is 32.5 Å². The molecule has 0 heterocycles. The van der Waals surface area contributed by atoms with Gasteiger partial charge in [-0.05, 0) is 42.5 Å². The standard InChI is InChI=1S/C19H17N7O7S2/c20-16-14(25-24-13-4-2-1-3-12(13)19(27)28)9-15(35(31,32)33)17(21)18(16)26-23-10-5-7-11(8-6-10)34(22,29)30/h1-9H,20-21H2,(H,27,28)(H2,22,29,30)(H,31,32,33). The summed E-state index contributed by atoms with van der Waals surface area (Å²) in [6, 6.07) is 11.4. The van der Waals surface area contributed by atoms with Crippen LogP contribution in [0.1, 0.15) is 10.4 Å². The molecule has 0 saturated carbocycles. The van der Waals surface area contributed by atoms with Gasteiger partial charge in [0.1, 0.15) is 22.0 Å². The van der Waals surface area contributed by atoms with Crippen LogP contribution in [-0.2, 0) is 20.1 Å². The number of rotatable bonds is 7. The molecular weight excluding hydrogens is 502 g/mol. The third kappa shape index (κ3) is 5.82. The van der Waals surface area contributed by atoms with Crippen molar-refractivity contribution >= 4 is 60.2 Å². The molecule has 0 aliphatic carbocycles. The predicted molar refractivity (Wildman–Crippen MR) is 125 cm³/mol. The monoisotopic (exact) mass is 519 g/mol. The zero-order chi connectivity index (χ0) is 26.0. The van der Waals surface area contributed by atoms with Crippen molar-refractivity contribution in [2.75, 3.05) is 11.5 Å². The van der Waals surface area contributed by atoms with Crippen molar-refractivity contribution in [2.45, 2.75) is 9.79 Å². The smallest absolute Gasteiger partial charge is 0.337 e. The minimum absolute atomic E-state index is 0.0530. The highest BCUT2D eigenvalue weighted by atomic mass is 32.2. The Labute approximate surface area is 198 Å². The number of nitrogen functional groups attached to an aromatic ring is 2. The maximum Gasteiger partial charge on any atom is 0.337 e. The number of hydrogen-bond acceptors (Lipinski definition) is 11. The number of carbonyl (C=O) groups is 1. The Hall–Kier alpha value is -4.25. The topological polar surface area (TPSA) is 253 Å². The number of azo groups is 2. The maximum absolute atomic E-state index is 11.8. The molecule has 0 aliphatic heterocycles. The summed E-state index contributed by atoms with van der Waals surface area (Å²) in [6.07, 6.45) is 0. The summed E-state index contributed by atoms with van der Waals surface area (Å²) >= 11 is 0. The lowest BCUT2D eigenvalue weighted by molar-refractivity contribution is 0.0697. The zero-order valence-electron chi connectivity index (χ0n) is 17.5. The molecule has 0 amide bonds. The fourth-order valence-electron chi connectivity index (χ4n) is 2.73. The molecule has 182 valence electrons. The minimum atomic E-state index is -4.86. The summed E-state index contributed by atoms with van der Waals surface area (Å²) in [5.41, 5.74) is 10.3. The van der Waals surface area contributed by atoms with Crippen LogP contribution >= 0.6 is 0 Å². The second-order valence-electron chi connectivity index (χ2n) is 6.81. The Kier molecular flexibility index (Phi) is 6.92. The molecule has 0 bridgehead atoms. The number of aromatic carboxylic acids is 1. The van der Waals surface area contributed by atoms with Gasteiger partial charge in [-0.3, -0.25) is 4.55 Å². The molecule has 16 heteroatoms. The number of nitrogens with zero attached hydrogens (tertiary/aromatic N) is 4. The van der Waals surface area contributed by atoms with Gasteiger partial charge in [-0.1, -0.05) is 12.1 Å². The second-order valence-corrected chi connectivity index (χ2v) is 9.76. The van der Waals surface area contributed by atoms with E-state index < -0.39 is 36.7 Å². The largest absolute Gasteiger partial charge is 0.478 e. The van der Waals surface area contributed by atoms with E-state index in [9.17, 15) is 31.3 Å². The van der Waals surface area contributed by atoms with Crippen molar-refractivity contribution in [3.05, 3.63) is 60.2 Å². The number of hydrogen-bond donors (Lipinski definition) is 5. The van der Waals surface area contributed by atoms with E-state index in [1.807, 2.05) is 0 Å². The Morgan fingerprint density at radius 3 is 1.97 bits per heavy atom. The molecule has 3 rings (SSSR count). The second kappa shape index (κ2) is 9.55. The van der Waals surface area contributed by atoms with E-state index in [4.69, 9.17) is 16.6 Å². The quantitative estimate of drug-likeness (QED) is 0.174. The van der Waals surface area contributed by atoms with Crippen molar-refractivity contribution in [3.63, 3.8) is 0 Å². The Morgan fingerprint density at radius 2 is 1.40 bits per heavy atom. The summed E-state index contributed by atoms with van der Waals surface area (Å²) < 4.78 is 56.0. The highest BCUT2D eigenvalue weighted by Gasteiger charge is 2.22. The SMILES string of the molecule is Nc1c(N=Nc2ccccc2C(=O)O)cc(S(=O)(=O)O)c(N)c1N=Nc1ccc(S(N)(=O)=O)cc1. The molecule has 0 fully saturated rings. The van der Waals surface area contributed by atoms with Crippen LogP contribution in [0.4, 0.5) is 34.1 Å². The van der Waals surface area contributed by atoms with Crippen LogP contribution in [0.3, 0.4) is 0 Å². The van der Waals surface area contributed by atoms with Crippen molar-refractivity contribution in [1.82, 2.24) is 0 Å². The number of benzene rings is 3. The van der Waals surface area contributed by atoms with Crippen molar-refractivity contribution in [3.8, 4) is 0 Å². The molecule has 3 aromatic rings. The lowest BCUT2D eigenvalue weighted by Gasteiger charge is -2.10. The van der Waals surface area contributed by atoms with Gasteiger partial charge in [0.2, 0.25) is 10.0 Å². The molecule has 0 aromatic heterocycles. The lowest BCUT2D eigenvalue weighted by Crippen LogP contribution is -2.11. The summed E-state index contributed by atoms with van der Waals surface area (Å²) in [6.45, 7) is 0.